The highest BCUT2D eigenvalue weighted by molar-refractivity contribution is 5.95. The number of nitrogens with zero attached hydrogens (tertiary/aromatic N) is 4. The van der Waals surface area contributed by atoms with E-state index in [1.807, 2.05) is 29.2 Å². The second-order valence-electron chi connectivity index (χ2n) is 6.34. The maximum atomic E-state index is 13.1. The van der Waals surface area contributed by atoms with E-state index in [4.69, 9.17) is 0 Å². The van der Waals surface area contributed by atoms with Crippen LogP contribution in [0.4, 0.5) is 0 Å². The van der Waals surface area contributed by atoms with Crippen molar-refractivity contribution in [2.24, 2.45) is 0 Å². The highest BCUT2D eigenvalue weighted by Crippen LogP contribution is 2.25. The van der Waals surface area contributed by atoms with Crippen molar-refractivity contribution >= 4 is 5.91 Å². The van der Waals surface area contributed by atoms with Gasteiger partial charge in [0.2, 0.25) is 0 Å². The second-order valence-corrected chi connectivity index (χ2v) is 6.34. The first kappa shape index (κ1) is 16.6. The van der Waals surface area contributed by atoms with Gasteiger partial charge in [-0.1, -0.05) is 25.8 Å². The number of rotatable bonds is 5. The van der Waals surface area contributed by atoms with Gasteiger partial charge in [0.25, 0.3) is 5.91 Å². The molecule has 0 aliphatic heterocycles. The molecule has 1 aliphatic carbocycles. The van der Waals surface area contributed by atoms with Crippen LogP contribution in [0.5, 0.6) is 0 Å². The van der Waals surface area contributed by atoms with Gasteiger partial charge in [-0.05, 0) is 37.5 Å². The molecule has 2 atom stereocenters. The quantitative estimate of drug-likeness (QED) is 0.915. The minimum atomic E-state index is -0.421. The third-order valence-electron chi connectivity index (χ3n) is 4.63. The summed E-state index contributed by atoms with van der Waals surface area (Å²) in [6, 6.07) is 7.38. The van der Waals surface area contributed by atoms with Gasteiger partial charge in [0.1, 0.15) is 12.7 Å². The van der Waals surface area contributed by atoms with Crippen molar-refractivity contribution in [3.63, 3.8) is 0 Å². The summed E-state index contributed by atoms with van der Waals surface area (Å²) in [6.07, 6.45) is 7.42. The Morgan fingerprint density at radius 1 is 1.29 bits per heavy atom. The Hall–Kier alpha value is -2.21. The van der Waals surface area contributed by atoms with E-state index in [-0.39, 0.29) is 11.9 Å². The number of hydrogen-bond donors (Lipinski definition) is 1. The number of hydrogen-bond acceptors (Lipinski definition) is 4. The number of benzene rings is 1. The molecule has 1 saturated carbocycles. The molecule has 0 unspecified atom stereocenters. The van der Waals surface area contributed by atoms with E-state index in [1.54, 1.807) is 17.2 Å². The summed E-state index contributed by atoms with van der Waals surface area (Å²) in [5, 5.41) is 18.0. The third kappa shape index (κ3) is 3.48. The van der Waals surface area contributed by atoms with Gasteiger partial charge in [0.15, 0.2) is 0 Å². The van der Waals surface area contributed by atoms with Crippen molar-refractivity contribution in [2.75, 3.05) is 6.54 Å². The van der Waals surface area contributed by atoms with Crippen molar-refractivity contribution in [1.82, 2.24) is 19.7 Å². The zero-order chi connectivity index (χ0) is 16.9. The molecule has 24 heavy (non-hydrogen) atoms. The average Bonchev–Trinajstić information content (AvgIpc) is 3.15. The number of aliphatic hydroxyl groups is 1. The molecule has 0 saturated heterocycles. The summed E-state index contributed by atoms with van der Waals surface area (Å²) in [5.41, 5.74) is 1.49. The predicted octanol–water partition coefficient (Wildman–Crippen LogP) is 2.42. The molecule has 1 aliphatic rings. The maximum Gasteiger partial charge on any atom is 0.254 e. The zero-order valence-electron chi connectivity index (χ0n) is 14.0. The van der Waals surface area contributed by atoms with E-state index in [9.17, 15) is 9.90 Å². The molecule has 1 aromatic carbocycles. The minimum Gasteiger partial charge on any atom is -0.391 e. The largest absolute Gasteiger partial charge is 0.391 e. The summed E-state index contributed by atoms with van der Waals surface area (Å²) < 4.78 is 1.77. The third-order valence-corrected chi connectivity index (χ3v) is 4.63. The zero-order valence-corrected chi connectivity index (χ0v) is 14.0. The Kier molecular flexibility index (Phi) is 5.25. The van der Waals surface area contributed by atoms with Crippen molar-refractivity contribution < 1.29 is 9.90 Å². The van der Waals surface area contributed by atoms with Gasteiger partial charge in [0.05, 0.1) is 12.1 Å². The number of carbonyl (C=O) groups is 1. The van der Waals surface area contributed by atoms with Crippen LogP contribution < -0.4 is 0 Å². The average molecular weight is 328 g/mol. The summed E-state index contributed by atoms with van der Waals surface area (Å²) in [7, 11) is 0. The molecule has 1 aromatic heterocycles. The molecular formula is C18H24N4O2. The normalized spacial score (nSPS) is 20.8. The van der Waals surface area contributed by atoms with Crippen molar-refractivity contribution in [3.05, 3.63) is 42.5 Å². The smallest absolute Gasteiger partial charge is 0.254 e. The standard InChI is InChI=1S/C18H24N4O2/c1-2-10-22(16-8-3-4-9-17(16)23)18(24)14-6-5-7-15(11-14)21-12-19-20-13-21/h5-7,11-13,16-17,23H,2-4,8-10H2,1H3/t16-,17-/m1/s1. The van der Waals surface area contributed by atoms with Crippen LogP contribution in [0.3, 0.4) is 0 Å². The highest BCUT2D eigenvalue weighted by Gasteiger charge is 2.31. The highest BCUT2D eigenvalue weighted by atomic mass is 16.3. The van der Waals surface area contributed by atoms with Gasteiger partial charge in [-0.25, -0.2) is 0 Å². The van der Waals surface area contributed by atoms with Crippen molar-refractivity contribution in [3.8, 4) is 5.69 Å². The fourth-order valence-corrected chi connectivity index (χ4v) is 3.41. The first-order valence-electron chi connectivity index (χ1n) is 8.65. The van der Waals surface area contributed by atoms with Crippen LogP contribution in [0.1, 0.15) is 49.4 Å². The molecule has 2 aromatic rings. The van der Waals surface area contributed by atoms with E-state index in [2.05, 4.69) is 17.1 Å². The van der Waals surface area contributed by atoms with Crippen LogP contribution in [0.2, 0.25) is 0 Å². The van der Waals surface area contributed by atoms with Crippen LogP contribution in [0.25, 0.3) is 5.69 Å². The van der Waals surface area contributed by atoms with Gasteiger partial charge in [0, 0.05) is 17.8 Å². The van der Waals surface area contributed by atoms with Gasteiger partial charge in [-0.2, -0.15) is 0 Å². The molecule has 128 valence electrons. The lowest BCUT2D eigenvalue weighted by Gasteiger charge is -2.37. The summed E-state index contributed by atoms with van der Waals surface area (Å²) >= 11 is 0. The number of aromatic nitrogens is 3. The maximum absolute atomic E-state index is 13.1. The van der Waals surface area contributed by atoms with Crippen LogP contribution in [-0.4, -0.2) is 49.4 Å². The van der Waals surface area contributed by atoms with Crippen molar-refractivity contribution in [2.45, 2.75) is 51.2 Å². The first-order chi connectivity index (χ1) is 11.7. The minimum absolute atomic E-state index is 0.0160. The van der Waals surface area contributed by atoms with Crippen LogP contribution in [0, 0.1) is 0 Å². The van der Waals surface area contributed by atoms with Gasteiger partial charge in [-0.15, -0.1) is 10.2 Å². The first-order valence-corrected chi connectivity index (χ1v) is 8.65. The lowest BCUT2D eigenvalue weighted by atomic mass is 9.90. The Labute approximate surface area is 142 Å². The lowest BCUT2D eigenvalue weighted by molar-refractivity contribution is 0.0178. The molecular weight excluding hydrogens is 304 g/mol. The summed E-state index contributed by atoms with van der Waals surface area (Å²) in [4.78, 5) is 14.9. The number of carbonyl (C=O) groups excluding carboxylic acids is 1. The van der Waals surface area contributed by atoms with Crippen LogP contribution in [-0.2, 0) is 0 Å². The van der Waals surface area contributed by atoms with Gasteiger partial charge in [-0.3, -0.25) is 9.36 Å². The Balaban J connectivity index is 1.86. The monoisotopic (exact) mass is 328 g/mol. The molecule has 1 fully saturated rings. The molecule has 1 heterocycles. The molecule has 1 amide bonds. The van der Waals surface area contributed by atoms with E-state index in [1.165, 1.54) is 0 Å². The molecule has 6 heteroatoms. The predicted molar refractivity (Wildman–Crippen MR) is 90.9 cm³/mol. The van der Waals surface area contributed by atoms with Crippen LogP contribution in [0.15, 0.2) is 36.9 Å². The Morgan fingerprint density at radius 2 is 2.04 bits per heavy atom. The van der Waals surface area contributed by atoms with E-state index >= 15 is 0 Å². The van der Waals surface area contributed by atoms with Gasteiger partial charge >= 0.3 is 0 Å². The molecule has 1 N–H and O–H groups in total. The summed E-state index contributed by atoms with van der Waals surface area (Å²) in [5.74, 6) is -0.0160. The molecule has 0 radical (unpaired) electrons. The Bertz CT molecular complexity index is 671. The fraction of sp³-hybridized carbons (Fsp3) is 0.500. The Morgan fingerprint density at radius 3 is 2.75 bits per heavy atom. The van der Waals surface area contributed by atoms with E-state index in [0.29, 0.717) is 12.1 Å². The van der Waals surface area contributed by atoms with E-state index < -0.39 is 6.10 Å². The number of aliphatic hydroxyl groups excluding tert-OH is 1. The SMILES string of the molecule is CCCN(C(=O)c1cccc(-n2cnnc2)c1)[C@@H]1CCCC[C@H]1O. The fourth-order valence-electron chi connectivity index (χ4n) is 3.41. The molecule has 3 rings (SSSR count). The lowest BCUT2D eigenvalue weighted by Crippen LogP contribution is -2.48. The topological polar surface area (TPSA) is 71.2 Å². The van der Waals surface area contributed by atoms with Gasteiger partial charge < -0.3 is 10.0 Å². The second kappa shape index (κ2) is 7.57. The molecule has 0 spiro atoms. The molecule has 0 bridgehead atoms. The number of amides is 1. The summed E-state index contributed by atoms with van der Waals surface area (Å²) in [6.45, 7) is 2.72. The molecule has 6 nitrogen and oxygen atoms in total. The van der Waals surface area contributed by atoms with Crippen molar-refractivity contribution in [1.29, 1.82) is 0 Å². The van der Waals surface area contributed by atoms with E-state index in [0.717, 1.165) is 37.8 Å². The van der Waals surface area contributed by atoms with Crippen LogP contribution >= 0.6 is 0 Å².